The first-order chi connectivity index (χ1) is 16.7. The van der Waals surface area contributed by atoms with Gasteiger partial charge in [-0.15, -0.1) is 0 Å². The highest BCUT2D eigenvalue weighted by Crippen LogP contribution is 2.44. The van der Waals surface area contributed by atoms with Gasteiger partial charge in [-0.05, 0) is 40.8 Å². The fourth-order valence-corrected chi connectivity index (χ4v) is 4.38. The van der Waals surface area contributed by atoms with Crippen LogP contribution in [0.5, 0.6) is 17.2 Å². The Morgan fingerprint density at radius 1 is 1.06 bits per heavy atom. The maximum Gasteiger partial charge on any atom is 0.295 e. The van der Waals surface area contributed by atoms with Crippen LogP contribution in [-0.2, 0) is 19.7 Å². The molecule has 2 aromatic rings. The Morgan fingerprint density at radius 2 is 1.77 bits per heavy atom. The molecule has 0 saturated carbocycles. The molecule has 8 nitrogen and oxygen atoms in total. The number of methoxy groups -OCH3 is 2. The summed E-state index contributed by atoms with van der Waals surface area (Å²) in [5.41, 5.74) is 1.71. The van der Waals surface area contributed by atoms with E-state index in [0.717, 1.165) is 5.56 Å². The zero-order valence-corrected chi connectivity index (χ0v) is 20.7. The fraction of sp³-hybridized carbons (Fsp3) is 0.407. The number of ketones is 1. The smallest absolute Gasteiger partial charge is 0.295 e. The number of aliphatic hydroxyl groups excluding tert-OH is 1. The second kappa shape index (κ2) is 9.62. The number of benzene rings is 2. The van der Waals surface area contributed by atoms with Gasteiger partial charge in [-0.1, -0.05) is 32.9 Å². The lowest BCUT2D eigenvalue weighted by Gasteiger charge is -2.27. The molecule has 1 fully saturated rings. The molecule has 0 spiro atoms. The van der Waals surface area contributed by atoms with Crippen molar-refractivity contribution in [2.75, 3.05) is 40.6 Å². The Labute approximate surface area is 205 Å². The largest absolute Gasteiger partial charge is 0.507 e. The first-order valence-corrected chi connectivity index (χ1v) is 11.5. The van der Waals surface area contributed by atoms with E-state index >= 15 is 0 Å². The quantitative estimate of drug-likeness (QED) is 0.381. The van der Waals surface area contributed by atoms with Gasteiger partial charge >= 0.3 is 0 Å². The van der Waals surface area contributed by atoms with Crippen LogP contribution in [0, 0.1) is 0 Å². The summed E-state index contributed by atoms with van der Waals surface area (Å²) in [5, 5.41) is 11.5. The highest BCUT2D eigenvalue weighted by atomic mass is 16.6. The lowest BCUT2D eigenvalue weighted by molar-refractivity contribution is -0.140. The minimum Gasteiger partial charge on any atom is -0.507 e. The monoisotopic (exact) mass is 481 g/mol. The van der Waals surface area contributed by atoms with Crippen LogP contribution in [0.4, 0.5) is 0 Å². The molecule has 1 atom stereocenters. The Hall–Kier alpha value is -3.52. The van der Waals surface area contributed by atoms with Crippen molar-refractivity contribution in [3.05, 3.63) is 58.7 Å². The third-order valence-corrected chi connectivity index (χ3v) is 6.28. The Morgan fingerprint density at radius 3 is 2.43 bits per heavy atom. The number of rotatable bonds is 6. The van der Waals surface area contributed by atoms with Crippen molar-refractivity contribution in [2.24, 2.45) is 0 Å². The van der Waals surface area contributed by atoms with Gasteiger partial charge in [-0.25, -0.2) is 0 Å². The number of fused-ring (bicyclic) bond motifs is 1. The lowest BCUT2D eigenvalue weighted by Crippen LogP contribution is -2.32. The molecule has 35 heavy (non-hydrogen) atoms. The molecule has 0 bridgehead atoms. The molecular formula is C27H31NO7. The maximum atomic E-state index is 13.3. The van der Waals surface area contributed by atoms with E-state index in [1.54, 1.807) is 30.3 Å². The molecule has 2 aromatic carbocycles. The van der Waals surface area contributed by atoms with E-state index in [1.807, 2.05) is 6.07 Å². The van der Waals surface area contributed by atoms with Gasteiger partial charge in [-0.3, -0.25) is 9.59 Å². The normalized spacial score (nSPS) is 19.2. The number of carbonyl (C=O) groups is 2. The van der Waals surface area contributed by atoms with Crippen LogP contribution in [0.25, 0.3) is 5.76 Å². The first-order valence-electron chi connectivity index (χ1n) is 11.5. The second-order valence-electron chi connectivity index (χ2n) is 9.55. The molecule has 186 valence electrons. The summed E-state index contributed by atoms with van der Waals surface area (Å²) in [6.07, 6.45) is 0. The summed E-state index contributed by atoms with van der Waals surface area (Å²) >= 11 is 0. The van der Waals surface area contributed by atoms with E-state index in [-0.39, 0.29) is 29.9 Å². The number of aliphatic hydroxyl groups is 1. The van der Waals surface area contributed by atoms with E-state index < -0.39 is 17.7 Å². The molecule has 4 rings (SSSR count). The molecule has 1 N–H and O–H groups in total. The minimum atomic E-state index is -0.830. The number of carbonyl (C=O) groups excluding carboxylic acids is 2. The molecule has 2 aliphatic heterocycles. The Bertz CT molecular complexity index is 1180. The standard InChI is InChI=1S/C27H31NO7/c1-27(2,3)17-7-9-19(33-5)18(15-17)24(29)22-23(28(10-11-32-4)26(31)25(22)30)16-6-8-20-21(14-16)35-13-12-34-20/h6-9,14-15,23,29H,10-13H2,1-5H3/b24-22+. The second-order valence-corrected chi connectivity index (χ2v) is 9.55. The molecule has 8 heteroatoms. The minimum absolute atomic E-state index is 0.00728. The fourth-order valence-electron chi connectivity index (χ4n) is 4.38. The average molecular weight is 482 g/mol. The summed E-state index contributed by atoms with van der Waals surface area (Å²) in [6.45, 7) is 7.42. The zero-order valence-electron chi connectivity index (χ0n) is 20.7. The van der Waals surface area contributed by atoms with Crippen LogP contribution in [0.2, 0.25) is 0 Å². The van der Waals surface area contributed by atoms with Crippen molar-refractivity contribution in [1.82, 2.24) is 4.90 Å². The van der Waals surface area contributed by atoms with Crippen LogP contribution < -0.4 is 14.2 Å². The number of amides is 1. The number of nitrogens with zero attached hydrogens (tertiary/aromatic N) is 1. The van der Waals surface area contributed by atoms with Gasteiger partial charge in [0.25, 0.3) is 11.7 Å². The van der Waals surface area contributed by atoms with Gasteiger partial charge in [0.2, 0.25) is 0 Å². The van der Waals surface area contributed by atoms with Gasteiger partial charge in [-0.2, -0.15) is 0 Å². The number of Topliss-reactive ketones (excluding diaryl/α,β-unsaturated/α-hetero) is 1. The summed E-state index contributed by atoms with van der Waals surface area (Å²) in [4.78, 5) is 27.8. The maximum absolute atomic E-state index is 13.3. The third-order valence-electron chi connectivity index (χ3n) is 6.28. The summed E-state index contributed by atoms with van der Waals surface area (Å²) in [7, 11) is 3.02. The lowest BCUT2D eigenvalue weighted by atomic mass is 9.85. The number of ether oxygens (including phenoxy) is 4. The van der Waals surface area contributed by atoms with Crippen molar-refractivity contribution in [3.63, 3.8) is 0 Å². The molecule has 0 radical (unpaired) electrons. The highest BCUT2D eigenvalue weighted by Gasteiger charge is 2.46. The van der Waals surface area contributed by atoms with Gasteiger partial charge < -0.3 is 29.0 Å². The number of likely N-dealkylation sites (tertiary alicyclic amines) is 1. The van der Waals surface area contributed by atoms with Crippen LogP contribution in [-0.4, -0.2) is 62.3 Å². The Balaban J connectivity index is 1.91. The molecule has 0 aliphatic carbocycles. The number of hydrogen-bond donors (Lipinski definition) is 1. The summed E-state index contributed by atoms with van der Waals surface area (Å²) < 4.78 is 22.0. The van der Waals surface area contributed by atoms with Crippen molar-refractivity contribution in [3.8, 4) is 17.2 Å². The molecule has 1 saturated heterocycles. The Kier molecular flexibility index (Phi) is 6.76. The van der Waals surface area contributed by atoms with E-state index in [0.29, 0.717) is 41.6 Å². The van der Waals surface area contributed by atoms with E-state index in [2.05, 4.69) is 20.8 Å². The average Bonchev–Trinajstić information content (AvgIpc) is 3.10. The van der Waals surface area contributed by atoms with Gasteiger partial charge in [0.15, 0.2) is 11.5 Å². The third kappa shape index (κ3) is 4.58. The van der Waals surface area contributed by atoms with Crippen molar-refractivity contribution in [1.29, 1.82) is 0 Å². The van der Waals surface area contributed by atoms with Gasteiger partial charge in [0, 0.05) is 13.7 Å². The zero-order chi connectivity index (χ0) is 25.3. The molecular weight excluding hydrogens is 450 g/mol. The van der Waals surface area contributed by atoms with Gasteiger partial charge in [0.05, 0.1) is 30.9 Å². The van der Waals surface area contributed by atoms with Crippen LogP contribution in [0.15, 0.2) is 42.0 Å². The van der Waals surface area contributed by atoms with Crippen LogP contribution >= 0.6 is 0 Å². The summed E-state index contributed by atoms with van der Waals surface area (Å²) in [5.74, 6) is -0.228. The van der Waals surface area contributed by atoms with Crippen LogP contribution in [0.1, 0.15) is 43.5 Å². The highest BCUT2D eigenvalue weighted by molar-refractivity contribution is 6.46. The topological polar surface area (TPSA) is 94.5 Å². The molecule has 1 unspecified atom stereocenters. The van der Waals surface area contributed by atoms with Crippen molar-refractivity contribution < 1.29 is 33.6 Å². The van der Waals surface area contributed by atoms with Crippen LogP contribution in [0.3, 0.4) is 0 Å². The molecule has 1 amide bonds. The number of hydrogen-bond acceptors (Lipinski definition) is 7. The summed E-state index contributed by atoms with van der Waals surface area (Å²) in [6, 6.07) is 9.93. The predicted molar refractivity (Wildman–Crippen MR) is 130 cm³/mol. The van der Waals surface area contributed by atoms with E-state index in [4.69, 9.17) is 18.9 Å². The van der Waals surface area contributed by atoms with Crippen molar-refractivity contribution >= 4 is 17.4 Å². The van der Waals surface area contributed by atoms with Gasteiger partial charge in [0.1, 0.15) is 24.7 Å². The molecule has 0 aromatic heterocycles. The first kappa shape index (κ1) is 24.6. The SMILES string of the molecule is COCCN1C(=O)C(=O)/C(=C(/O)c2cc(C(C)(C)C)ccc2OC)C1c1ccc2c(c1)OCCO2. The van der Waals surface area contributed by atoms with Crippen molar-refractivity contribution in [2.45, 2.75) is 32.2 Å². The van der Waals surface area contributed by atoms with E-state index in [1.165, 1.54) is 19.1 Å². The van der Waals surface area contributed by atoms with E-state index in [9.17, 15) is 14.7 Å². The molecule has 2 aliphatic rings. The molecule has 2 heterocycles. The predicted octanol–water partition coefficient (Wildman–Crippen LogP) is 3.83.